The number of hydrogen-bond donors (Lipinski definition) is 0. The SMILES string of the molecule is C=N/C(=N\C1=C(Cc2cccc3ccccc23)C2(c3ccccc31)c1ccccc1-c1ccc(-c3ccc(-c4ccccc4)cc3)cc12)c1ccccc1. The summed E-state index contributed by atoms with van der Waals surface area (Å²) in [5, 5.41) is 2.49. The maximum atomic E-state index is 5.51. The second-order valence-electron chi connectivity index (χ2n) is 14.1. The largest absolute Gasteiger partial charge is 0.245 e. The van der Waals surface area contributed by atoms with Gasteiger partial charge >= 0.3 is 0 Å². The fourth-order valence-electron chi connectivity index (χ4n) is 8.94. The molecule has 10 rings (SSSR count). The molecule has 0 bridgehead atoms. The van der Waals surface area contributed by atoms with E-state index in [4.69, 9.17) is 4.99 Å². The van der Waals surface area contributed by atoms with Crippen molar-refractivity contribution in [1.82, 2.24) is 0 Å². The van der Waals surface area contributed by atoms with Gasteiger partial charge in [0, 0.05) is 11.1 Å². The summed E-state index contributed by atoms with van der Waals surface area (Å²) < 4.78 is 0. The lowest BCUT2D eigenvalue weighted by Gasteiger charge is -2.33. The van der Waals surface area contributed by atoms with Gasteiger partial charge in [-0.15, -0.1) is 0 Å². The molecule has 1 unspecified atom stereocenters. The van der Waals surface area contributed by atoms with Crippen molar-refractivity contribution in [3.8, 4) is 33.4 Å². The first-order valence-electron chi connectivity index (χ1n) is 18.6. The molecule has 1 atom stereocenters. The predicted octanol–water partition coefficient (Wildman–Crippen LogP) is 12.6. The second-order valence-corrected chi connectivity index (χ2v) is 14.1. The molecular weight excluding hydrogens is 653 g/mol. The molecule has 0 N–H and O–H groups in total. The smallest absolute Gasteiger partial charge is 0.159 e. The average Bonchev–Trinajstić information content (AvgIpc) is 3.69. The molecule has 0 radical (unpaired) electrons. The topological polar surface area (TPSA) is 24.7 Å². The van der Waals surface area contributed by atoms with Gasteiger partial charge in [-0.1, -0.05) is 188 Å². The van der Waals surface area contributed by atoms with Crippen LogP contribution in [0.5, 0.6) is 0 Å². The molecule has 2 aliphatic rings. The number of fused-ring (bicyclic) bond motifs is 8. The van der Waals surface area contributed by atoms with Gasteiger partial charge < -0.3 is 0 Å². The minimum absolute atomic E-state index is 0.582. The van der Waals surface area contributed by atoms with E-state index < -0.39 is 5.41 Å². The first-order valence-corrected chi connectivity index (χ1v) is 18.6. The minimum Gasteiger partial charge on any atom is -0.245 e. The maximum absolute atomic E-state index is 5.51. The first kappa shape index (κ1) is 31.8. The zero-order valence-electron chi connectivity index (χ0n) is 29.8. The molecule has 2 aliphatic carbocycles. The number of aliphatic imine (C=N–C) groups is 2. The standard InChI is InChI=1S/C52H36N2/c1-53-51(39-18-6-3-7-19-39)54-50-45-24-11-13-26-47(45)52(49(50)34-41-21-14-20-38-17-8-9-22-42(38)41)46-25-12-10-23-43(46)44-32-31-40(33-48(44)52)37-29-27-36(28-30-37)35-15-4-2-5-16-35/h2-33H,1,34H2/b54-51-. The van der Waals surface area contributed by atoms with E-state index >= 15 is 0 Å². The van der Waals surface area contributed by atoms with Crippen molar-refractivity contribution in [3.05, 3.63) is 233 Å². The van der Waals surface area contributed by atoms with Crippen LogP contribution in [0.3, 0.4) is 0 Å². The van der Waals surface area contributed by atoms with Crippen LogP contribution in [0.15, 0.2) is 210 Å². The van der Waals surface area contributed by atoms with Gasteiger partial charge in [0.2, 0.25) is 0 Å². The minimum atomic E-state index is -0.582. The van der Waals surface area contributed by atoms with Crippen molar-refractivity contribution in [3.63, 3.8) is 0 Å². The van der Waals surface area contributed by atoms with Gasteiger partial charge in [-0.25, -0.2) is 9.98 Å². The third kappa shape index (κ3) is 4.95. The zero-order chi connectivity index (χ0) is 36.1. The highest BCUT2D eigenvalue weighted by Crippen LogP contribution is 2.63. The second kappa shape index (κ2) is 12.9. The third-order valence-electron chi connectivity index (χ3n) is 11.3. The number of amidine groups is 1. The Morgan fingerprint density at radius 3 is 1.78 bits per heavy atom. The van der Waals surface area contributed by atoms with Crippen LogP contribution in [0.25, 0.3) is 49.9 Å². The quantitative estimate of drug-likeness (QED) is 0.123. The normalized spacial score (nSPS) is 15.7. The summed E-state index contributed by atoms with van der Waals surface area (Å²) in [6, 6.07) is 70.1. The van der Waals surface area contributed by atoms with Crippen LogP contribution in [0.1, 0.15) is 33.4 Å². The molecule has 1 spiro atoms. The molecule has 254 valence electrons. The third-order valence-corrected chi connectivity index (χ3v) is 11.3. The Bertz CT molecular complexity index is 2790. The fourth-order valence-corrected chi connectivity index (χ4v) is 8.94. The monoisotopic (exact) mass is 688 g/mol. The molecule has 0 heterocycles. The molecule has 2 heteroatoms. The van der Waals surface area contributed by atoms with Crippen LogP contribution < -0.4 is 0 Å². The first-order chi connectivity index (χ1) is 26.7. The molecule has 0 aromatic heterocycles. The van der Waals surface area contributed by atoms with Crippen LogP contribution in [0, 0.1) is 0 Å². The number of nitrogens with zero attached hydrogens (tertiary/aromatic N) is 2. The summed E-state index contributed by atoms with van der Waals surface area (Å²) in [5.74, 6) is 0.617. The lowest BCUT2D eigenvalue weighted by molar-refractivity contribution is 0.741. The van der Waals surface area contributed by atoms with E-state index in [1.165, 1.54) is 72.0 Å². The van der Waals surface area contributed by atoms with Crippen LogP contribution in [0.4, 0.5) is 0 Å². The molecule has 0 saturated carbocycles. The lowest BCUT2D eigenvalue weighted by atomic mass is 9.68. The van der Waals surface area contributed by atoms with Crippen molar-refractivity contribution >= 4 is 29.0 Å². The molecule has 0 amide bonds. The molecular formula is C52H36N2. The van der Waals surface area contributed by atoms with Gasteiger partial charge in [0.05, 0.1) is 11.1 Å². The highest BCUT2D eigenvalue weighted by molar-refractivity contribution is 6.06. The van der Waals surface area contributed by atoms with Gasteiger partial charge in [-0.05, 0) is 91.2 Å². The van der Waals surface area contributed by atoms with Crippen molar-refractivity contribution in [2.75, 3.05) is 0 Å². The Morgan fingerprint density at radius 2 is 1.02 bits per heavy atom. The Labute approximate surface area is 316 Å². The van der Waals surface area contributed by atoms with Crippen LogP contribution in [0.2, 0.25) is 0 Å². The summed E-state index contributed by atoms with van der Waals surface area (Å²) in [6.45, 7) is 4.01. The molecule has 0 aliphatic heterocycles. The van der Waals surface area contributed by atoms with Crippen LogP contribution >= 0.6 is 0 Å². The number of rotatable bonds is 6. The van der Waals surface area contributed by atoms with E-state index in [2.05, 4.69) is 188 Å². The molecule has 8 aromatic carbocycles. The summed E-state index contributed by atoms with van der Waals surface area (Å²) in [6.07, 6.45) is 0.706. The van der Waals surface area contributed by atoms with Crippen LogP contribution in [-0.4, -0.2) is 12.6 Å². The summed E-state index contributed by atoms with van der Waals surface area (Å²) in [5.41, 5.74) is 16.1. The van der Waals surface area contributed by atoms with E-state index in [0.29, 0.717) is 12.3 Å². The fraction of sp³-hybridized carbons (Fsp3) is 0.0385. The lowest BCUT2D eigenvalue weighted by Crippen LogP contribution is -2.28. The van der Waals surface area contributed by atoms with Crippen molar-refractivity contribution < 1.29 is 0 Å². The number of benzene rings is 8. The van der Waals surface area contributed by atoms with E-state index in [9.17, 15) is 0 Å². The highest BCUT2D eigenvalue weighted by atomic mass is 14.9. The number of allylic oxidation sites excluding steroid dienone is 1. The Hall–Kier alpha value is -6.90. The maximum Gasteiger partial charge on any atom is 0.159 e. The summed E-state index contributed by atoms with van der Waals surface area (Å²) >= 11 is 0. The average molecular weight is 689 g/mol. The molecule has 0 fully saturated rings. The van der Waals surface area contributed by atoms with Crippen molar-refractivity contribution in [1.29, 1.82) is 0 Å². The van der Waals surface area contributed by atoms with E-state index in [1.807, 2.05) is 18.2 Å². The Morgan fingerprint density at radius 1 is 0.463 bits per heavy atom. The van der Waals surface area contributed by atoms with Crippen molar-refractivity contribution in [2.24, 2.45) is 9.98 Å². The van der Waals surface area contributed by atoms with E-state index in [-0.39, 0.29) is 0 Å². The van der Waals surface area contributed by atoms with E-state index in [1.54, 1.807) is 0 Å². The molecule has 2 nitrogen and oxygen atoms in total. The highest BCUT2D eigenvalue weighted by Gasteiger charge is 2.53. The Balaban J connectivity index is 1.26. The summed E-state index contributed by atoms with van der Waals surface area (Å²) in [4.78, 5) is 10.1. The van der Waals surface area contributed by atoms with Gasteiger partial charge in [-0.3, -0.25) is 0 Å². The number of hydrogen-bond acceptors (Lipinski definition) is 1. The zero-order valence-corrected chi connectivity index (χ0v) is 29.8. The van der Waals surface area contributed by atoms with Crippen LogP contribution in [-0.2, 0) is 11.8 Å². The molecule has 0 saturated heterocycles. The molecule has 54 heavy (non-hydrogen) atoms. The van der Waals surface area contributed by atoms with Crippen molar-refractivity contribution in [2.45, 2.75) is 11.8 Å². The Kier molecular flexibility index (Phi) is 7.63. The summed E-state index contributed by atoms with van der Waals surface area (Å²) in [7, 11) is 0. The van der Waals surface area contributed by atoms with Gasteiger partial charge in [0.15, 0.2) is 5.84 Å². The van der Waals surface area contributed by atoms with Gasteiger partial charge in [-0.2, -0.15) is 0 Å². The molecule has 8 aromatic rings. The van der Waals surface area contributed by atoms with Gasteiger partial charge in [0.1, 0.15) is 0 Å². The van der Waals surface area contributed by atoms with E-state index in [0.717, 1.165) is 16.8 Å². The van der Waals surface area contributed by atoms with Gasteiger partial charge in [0.25, 0.3) is 0 Å². The predicted molar refractivity (Wildman–Crippen MR) is 226 cm³/mol.